The van der Waals surface area contributed by atoms with Gasteiger partial charge in [-0.25, -0.2) is 0 Å². The molecule has 0 fully saturated rings. The van der Waals surface area contributed by atoms with Gasteiger partial charge in [-0.3, -0.25) is 0 Å². The van der Waals surface area contributed by atoms with Crippen LogP contribution in [-0.4, -0.2) is 30.5 Å². The van der Waals surface area contributed by atoms with Gasteiger partial charge in [-0.15, -0.1) is 0 Å². The summed E-state index contributed by atoms with van der Waals surface area (Å²) in [5, 5.41) is 0. The van der Waals surface area contributed by atoms with Gasteiger partial charge in [0.1, 0.15) is 6.29 Å². The fourth-order valence-electron chi connectivity index (χ4n) is 0.118. The van der Waals surface area contributed by atoms with E-state index in [1.807, 2.05) is 6.92 Å². The van der Waals surface area contributed by atoms with E-state index in [9.17, 15) is 4.79 Å². The van der Waals surface area contributed by atoms with E-state index < -0.39 is 10.0 Å². The van der Waals surface area contributed by atoms with Crippen LogP contribution in [-0.2, 0) is 13.6 Å². The Balaban J connectivity index is 0. The van der Waals surface area contributed by atoms with Crippen LogP contribution >= 0.6 is 0 Å². The third-order valence-corrected chi connectivity index (χ3v) is 0.874. The van der Waals surface area contributed by atoms with Crippen LogP contribution in [0.1, 0.15) is 13.3 Å². The standard InChI is InChI=1S/C3H6O.C2H8O2Si/c1-2-3-4;1-3-5-4-2/h3H,2H2,1H3;5H2,1-2H3. The molecule has 0 aliphatic heterocycles. The van der Waals surface area contributed by atoms with Gasteiger partial charge in [0.2, 0.25) is 0 Å². The van der Waals surface area contributed by atoms with Crippen molar-refractivity contribution in [1.82, 2.24) is 0 Å². The molecule has 0 N–H and O–H groups in total. The van der Waals surface area contributed by atoms with Crippen LogP contribution in [0, 0.1) is 0 Å². The van der Waals surface area contributed by atoms with Gasteiger partial charge < -0.3 is 13.6 Å². The lowest BCUT2D eigenvalue weighted by Crippen LogP contribution is -1.93. The number of rotatable bonds is 3. The Kier molecular flexibility index (Phi) is 20.2. The minimum absolute atomic E-state index is 0.568. The van der Waals surface area contributed by atoms with Crippen LogP contribution < -0.4 is 0 Å². The third-order valence-electron chi connectivity index (χ3n) is 0.402. The zero-order valence-electron chi connectivity index (χ0n) is 6.22. The Morgan fingerprint density at radius 1 is 1.44 bits per heavy atom. The highest BCUT2D eigenvalue weighted by molar-refractivity contribution is 6.17. The van der Waals surface area contributed by atoms with E-state index in [2.05, 4.69) is 8.85 Å². The topological polar surface area (TPSA) is 35.5 Å². The summed E-state index contributed by atoms with van der Waals surface area (Å²) in [5.41, 5.74) is 0. The van der Waals surface area contributed by atoms with Crippen molar-refractivity contribution in [3.63, 3.8) is 0 Å². The Bertz CT molecular complexity index is 47.5. The van der Waals surface area contributed by atoms with E-state index in [0.717, 1.165) is 6.29 Å². The van der Waals surface area contributed by atoms with Crippen molar-refractivity contribution in [3.05, 3.63) is 0 Å². The molecule has 56 valence electrons. The first kappa shape index (κ1) is 11.6. The van der Waals surface area contributed by atoms with Crippen LogP contribution in [0.25, 0.3) is 0 Å². The molecule has 0 saturated heterocycles. The molecule has 0 heterocycles. The van der Waals surface area contributed by atoms with Crippen LogP contribution in [0.3, 0.4) is 0 Å². The zero-order chi connectivity index (χ0) is 7.54. The highest BCUT2D eigenvalue weighted by Crippen LogP contribution is 1.55. The Morgan fingerprint density at radius 3 is 1.78 bits per heavy atom. The summed E-state index contributed by atoms with van der Waals surface area (Å²) in [6.45, 7) is 1.81. The Morgan fingerprint density at radius 2 is 1.78 bits per heavy atom. The molecule has 0 atom stereocenters. The molecule has 0 unspecified atom stereocenters. The molecular weight excluding hydrogens is 136 g/mol. The van der Waals surface area contributed by atoms with E-state index in [0.29, 0.717) is 6.42 Å². The summed E-state index contributed by atoms with van der Waals surface area (Å²) in [7, 11) is 2.73. The monoisotopic (exact) mass is 150 g/mol. The molecule has 0 aromatic rings. The van der Waals surface area contributed by atoms with Gasteiger partial charge in [0.15, 0.2) is 0 Å². The molecule has 4 heteroatoms. The number of hydrogen-bond acceptors (Lipinski definition) is 3. The van der Waals surface area contributed by atoms with Crippen molar-refractivity contribution in [2.24, 2.45) is 0 Å². The predicted molar refractivity (Wildman–Crippen MR) is 38.9 cm³/mol. The van der Waals surface area contributed by atoms with Gasteiger partial charge >= 0.3 is 10.0 Å². The minimum Gasteiger partial charge on any atom is -0.402 e. The predicted octanol–water partition coefficient (Wildman–Crippen LogP) is -0.127. The van der Waals surface area contributed by atoms with Gasteiger partial charge in [0, 0.05) is 20.6 Å². The number of carbonyl (C=O) groups is 1. The molecule has 0 aliphatic carbocycles. The van der Waals surface area contributed by atoms with Gasteiger partial charge in [-0.05, 0) is 0 Å². The third kappa shape index (κ3) is 33.4. The quantitative estimate of drug-likeness (QED) is 0.415. The van der Waals surface area contributed by atoms with Crippen molar-refractivity contribution in [1.29, 1.82) is 0 Å². The molecule has 0 bridgehead atoms. The Hall–Kier alpha value is -0.193. The fourth-order valence-corrected chi connectivity index (χ4v) is 0.354. The van der Waals surface area contributed by atoms with Gasteiger partial charge in [0.25, 0.3) is 0 Å². The van der Waals surface area contributed by atoms with Crippen molar-refractivity contribution < 1.29 is 13.6 Å². The largest absolute Gasteiger partial charge is 0.402 e. The molecular formula is C5H14O3Si. The molecule has 0 aromatic carbocycles. The molecule has 0 radical (unpaired) electrons. The first-order valence-electron chi connectivity index (χ1n) is 2.74. The SMILES string of the molecule is CCC=O.CO[SiH2]OC. The average molecular weight is 150 g/mol. The average Bonchev–Trinajstić information content (AvgIpc) is 1.91. The second kappa shape index (κ2) is 15.7. The van der Waals surface area contributed by atoms with Crippen LogP contribution in [0.2, 0.25) is 0 Å². The minimum atomic E-state index is -0.568. The van der Waals surface area contributed by atoms with Gasteiger partial charge in [-0.1, -0.05) is 6.92 Å². The van der Waals surface area contributed by atoms with Gasteiger partial charge in [0.05, 0.1) is 0 Å². The maximum atomic E-state index is 9.17. The number of aldehydes is 1. The van der Waals surface area contributed by atoms with Crippen molar-refractivity contribution >= 4 is 16.3 Å². The molecule has 0 amide bonds. The summed E-state index contributed by atoms with van der Waals surface area (Å²) in [4.78, 5) is 9.17. The highest BCUT2D eigenvalue weighted by atomic mass is 28.3. The van der Waals surface area contributed by atoms with Crippen molar-refractivity contribution in [3.8, 4) is 0 Å². The zero-order valence-corrected chi connectivity index (χ0v) is 7.63. The smallest absolute Gasteiger partial charge is 0.303 e. The van der Waals surface area contributed by atoms with E-state index in [1.165, 1.54) is 0 Å². The molecule has 0 rings (SSSR count). The first-order valence-corrected chi connectivity index (χ1v) is 3.90. The molecule has 9 heavy (non-hydrogen) atoms. The fraction of sp³-hybridized carbons (Fsp3) is 0.800. The maximum absolute atomic E-state index is 9.17. The lowest BCUT2D eigenvalue weighted by Gasteiger charge is -1.86. The molecule has 0 aromatic heterocycles. The maximum Gasteiger partial charge on any atom is 0.303 e. The van der Waals surface area contributed by atoms with E-state index in [1.54, 1.807) is 14.2 Å². The van der Waals surface area contributed by atoms with Crippen LogP contribution in [0.15, 0.2) is 0 Å². The summed E-state index contributed by atoms with van der Waals surface area (Å²) >= 11 is 0. The lowest BCUT2D eigenvalue weighted by atomic mass is 10.6. The first-order chi connectivity index (χ1) is 4.33. The van der Waals surface area contributed by atoms with E-state index in [-0.39, 0.29) is 0 Å². The summed E-state index contributed by atoms with van der Waals surface area (Å²) in [6.07, 6.45) is 1.51. The summed E-state index contributed by atoms with van der Waals surface area (Å²) in [5.74, 6) is 0. The Labute approximate surface area is 58.4 Å². The number of carbonyl (C=O) groups excluding carboxylic acids is 1. The molecule has 3 nitrogen and oxygen atoms in total. The van der Waals surface area contributed by atoms with E-state index in [4.69, 9.17) is 0 Å². The summed E-state index contributed by atoms with van der Waals surface area (Å²) < 4.78 is 9.22. The van der Waals surface area contributed by atoms with Crippen molar-refractivity contribution in [2.45, 2.75) is 13.3 Å². The normalized spacial score (nSPS) is 7.44. The second-order valence-corrected chi connectivity index (χ2v) is 2.66. The number of hydrogen-bond donors (Lipinski definition) is 0. The van der Waals surface area contributed by atoms with Crippen LogP contribution in [0.4, 0.5) is 0 Å². The van der Waals surface area contributed by atoms with E-state index >= 15 is 0 Å². The van der Waals surface area contributed by atoms with Crippen molar-refractivity contribution in [2.75, 3.05) is 14.2 Å². The summed E-state index contributed by atoms with van der Waals surface area (Å²) in [6, 6.07) is 0. The molecule has 0 aliphatic rings. The second-order valence-electron chi connectivity index (χ2n) is 1.27. The lowest BCUT2D eigenvalue weighted by molar-refractivity contribution is -0.107. The highest BCUT2D eigenvalue weighted by Gasteiger charge is 1.67. The molecule has 0 saturated carbocycles. The molecule has 0 spiro atoms. The van der Waals surface area contributed by atoms with Gasteiger partial charge in [-0.2, -0.15) is 0 Å². The van der Waals surface area contributed by atoms with Crippen LogP contribution in [0.5, 0.6) is 0 Å².